The normalized spacial score (nSPS) is 10.5. The van der Waals surface area contributed by atoms with E-state index < -0.39 is 11.8 Å². The molecule has 180 valence electrons. The summed E-state index contributed by atoms with van der Waals surface area (Å²) in [7, 11) is 4.65. The second-order valence-electron chi connectivity index (χ2n) is 7.17. The van der Waals surface area contributed by atoms with E-state index in [1.165, 1.54) is 17.9 Å². The molecule has 0 aliphatic rings. The molecule has 9 nitrogen and oxygen atoms in total. The van der Waals surface area contributed by atoms with Crippen molar-refractivity contribution >= 4 is 35.0 Å². The van der Waals surface area contributed by atoms with Gasteiger partial charge in [-0.1, -0.05) is 29.3 Å². The zero-order chi connectivity index (χ0) is 24.8. The van der Waals surface area contributed by atoms with Gasteiger partial charge >= 0.3 is 0 Å². The van der Waals surface area contributed by atoms with Crippen molar-refractivity contribution in [3.8, 4) is 17.2 Å². The maximum atomic E-state index is 13.1. The predicted molar refractivity (Wildman–Crippen MR) is 126 cm³/mol. The molecule has 0 atom stereocenters. The maximum absolute atomic E-state index is 13.1. The second kappa shape index (κ2) is 11.1. The Balaban J connectivity index is 1.86. The number of carbonyl (C=O) groups is 2. The van der Waals surface area contributed by atoms with Crippen LogP contribution in [-0.2, 0) is 20.2 Å². The summed E-state index contributed by atoms with van der Waals surface area (Å²) in [4.78, 5) is 25.3. The van der Waals surface area contributed by atoms with Gasteiger partial charge in [-0.05, 0) is 29.8 Å². The molecule has 0 unspecified atom stereocenters. The number of hydrogen-bond acceptors (Lipinski definition) is 6. The van der Waals surface area contributed by atoms with Gasteiger partial charge in [0.25, 0.3) is 11.8 Å². The summed E-state index contributed by atoms with van der Waals surface area (Å²) >= 11 is 12.0. The SMILES string of the molecule is COc1ccc(CNC(=O)c2c(OCc3ccc(Cl)c(Cl)c3)c(C(=O)NO)cn2C)c(OC)c1. The highest BCUT2D eigenvalue weighted by Gasteiger charge is 2.26. The smallest absolute Gasteiger partial charge is 0.279 e. The average molecular weight is 508 g/mol. The van der Waals surface area contributed by atoms with Crippen LogP contribution in [-0.4, -0.2) is 35.8 Å². The van der Waals surface area contributed by atoms with E-state index in [9.17, 15) is 9.59 Å². The molecule has 0 aliphatic carbocycles. The number of methoxy groups -OCH3 is 2. The summed E-state index contributed by atoms with van der Waals surface area (Å²) in [5.74, 6) is -0.161. The van der Waals surface area contributed by atoms with Gasteiger partial charge < -0.3 is 24.1 Å². The average Bonchev–Trinajstić information content (AvgIpc) is 3.18. The quantitative estimate of drug-likeness (QED) is 0.298. The number of aryl methyl sites for hydroxylation is 1. The van der Waals surface area contributed by atoms with Crippen LogP contribution >= 0.6 is 23.2 Å². The van der Waals surface area contributed by atoms with Crippen LogP contribution in [0.5, 0.6) is 17.2 Å². The third kappa shape index (κ3) is 5.56. The van der Waals surface area contributed by atoms with Crippen molar-refractivity contribution in [3.05, 3.63) is 75.0 Å². The molecule has 1 aromatic heterocycles. The minimum atomic E-state index is -0.824. The number of hydrogen-bond donors (Lipinski definition) is 3. The number of halogens is 2. The summed E-state index contributed by atoms with van der Waals surface area (Å²) in [6.45, 7) is 0.143. The number of carbonyl (C=O) groups excluding carboxylic acids is 2. The molecule has 11 heteroatoms. The standard InChI is InChI=1S/C23H23Cl2N3O6/c1-28-11-16(22(29)27-31)21(34-12-13-4-7-17(24)18(25)8-13)20(28)23(30)26-10-14-5-6-15(32-2)9-19(14)33-3/h4-9,11,31H,10,12H2,1-3H3,(H,26,30)(H,27,29). The number of aromatic nitrogens is 1. The highest BCUT2D eigenvalue weighted by Crippen LogP contribution is 2.29. The van der Waals surface area contributed by atoms with E-state index in [2.05, 4.69) is 5.32 Å². The van der Waals surface area contributed by atoms with Crippen LogP contribution in [0, 0.1) is 0 Å². The van der Waals surface area contributed by atoms with Gasteiger partial charge in [-0.15, -0.1) is 0 Å². The van der Waals surface area contributed by atoms with Crippen LogP contribution < -0.4 is 25.0 Å². The van der Waals surface area contributed by atoms with E-state index in [1.807, 2.05) is 0 Å². The highest BCUT2D eigenvalue weighted by molar-refractivity contribution is 6.42. The van der Waals surface area contributed by atoms with Crippen molar-refractivity contribution < 1.29 is 29.0 Å². The van der Waals surface area contributed by atoms with Gasteiger partial charge in [-0.25, -0.2) is 5.48 Å². The van der Waals surface area contributed by atoms with E-state index in [0.717, 1.165) is 5.56 Å². The van der Waals surface area contributed by atoms with Gasteiger partial charge in [-0.3, -0.25) is 14.8 Å². The van der Waals surface area contributed by atoms with Crippen molar-refractivity contribution in [2.75, 3.05) is 14.2 Å². The molecule has 0 fully saturated rings. The lowest BCUT2D eigenvalue weighted by atomic mass is 10.2. The Morgan fingerprint density at radius 2 is 1.79 bits per heavy atom. The number of nitrogens with zero attached hydrogens (tertiary/aromatic N) is 1. The lowest BCUT2D eigenvalue weighted by molar-refractivity contribution is 0.0702. The van der Waals surface area contributed by atoms with Crippen molar-refractivity contribution in [1.82, 2.24) is 15.4 Å². The molecule has 2 amide bonds. The Morgan fingerprint density at radius 1 is 1.03 bits per heavy atom. The zero-order valence-electron chi connectivity index (χ0n) is 18.6. The van der Waals surface area contributed by atoms with Gasteiger partial charge in [0.1, 0.15) is 29.4 Å². The van der Waals surface area contributed by atoms with Crippen LogP contribution in [0.1, 0.15) is 32.0 Å². The van der Waals surface area contributed by atoms with Crippen LogP contribution in [0.2, 0.25) is 10.0 Å². The highest BCUT2D eigenvalue weighted by atomic mass is 35.5. The predicted octanol–water partition coefficient (Wildman–Crippen LogP) is 3.98. The molecule has 0 saturated heterocycles. The van der Waals surface area contributed by atoms with Crippen molar-refractivity contribution in [3.63, 3.8) is 0 Å². The number of ether oxygens (including phenoxy) is 3. The Hall–Kier alpha value is -3.40. The molecule has 34 heavy (non-hydrogen) atoms. The lowest BCUT2D eigenvalue weighted by Crippen LogP contribution is -2.26. The fraction of sp³-hybridized carbons (Fsp3) is 0.217. The third-order valence-electron chi connectivity index (χ3n) is 5.00. The van der Waals surface area contributed by atoms with Crippen molar-refractivity contribution in [1.29, 1.82) is 0 Å². The minimum absolute atomic E-state index is 0.000631. The van der Waals surface area contributed by atoms with Crippen LogP contribution in [0.15, 0.2) is 42.6 Å². The first kappa shape index (κ1) is 25.2. The van der Waals surface area contributed by atoms with E-state index >= 15 is 0 Å². The van der Waals surface area contributed by atoms with Gasteiger partial charge in [0, 0.05) is 31.4 Å². The fourth-order valence-corrected chi connectivity index (χ4v) is 3.60. The molecule has 0 saturated carbocycles. The number of rotatable bonds is 9. The van der Waals surface area contributed by atoms with Crippen LogP contribution in [0.25, 0.3) is 0 Å². The van der Waals surface area contributed by atoms with E-state index in [4.69, 9.17) is 42.6 Å². The number of hydroxylamine groups is 1. The zero-order valence-corrected chi connectivity index (χ0v) is 20.2. The van der Waals surface area contributed by atoms with Gasteiger partial charge in [-0.2, -0.15) is 0 Å². The first-order valence-corrected chi connectivity index (χ1v) is 10.7. The van der Waals surface area contributed by atoms with E-state index in [0.29, 0.717) is 27.1 Å². The molecule has 1 heterocycles. The Labute approximate surface area is 206 Å². The minimum Gasteiger partial charge on any atom is -0.497 e. The number of nitrogens with one attached hydrogen (secondary N) is 2. The summed E-state index contributed by atoms with van der Waals surface area (Å²) in [6.07, 6.45) is 1.39. The fourth-order valence-electron chi connectivity index (χ4n) is 3.28. The lowest BCUT2D eigenvalue weighted by Gasteiger charge is -2.13. The number of benzene rings is 2. The summed E-state index contributed by atoms with van der Waals surface area (Å²) in [5.41, 5.74) is 3.03. The molecule has 0 aliphatic heterocycles. The van der Waals surface area contributed by atoms with E-state index in [-0.39, 0.29) is 30.2 Å². The summed E-state index contributed by atoms with van der Waals surface area (Å²) in [5, 5.41) is 12.7. The van der Waals surface area contributed by atoms with Crippen LogP contribution in [0.3, 0.4) is 0 Å². The van der Waals surface area contributed by atoms with E-state index in [1.54, 1.807) is 56.0 Å². The Morgan fingerprint density at radius 3 is 2.44 bits per heavy atom. The Kier molecular flexibility index (Phi) is 8.27. The third-order valence-corrected chi connectivity index (χ3v) is 5.74. The Bertz CT molecular complexity index is 1210. The van der Waals surface area contributed by atoms with Crippen molar-refractivity contribution in [2.45, 2.75) is 13.2 Å². The molecule has 0 radical (unpaired) electrons. The second-order valence-corrected chi connectivity index (χ2v) is 7.98. The maximum Gasteiger partial charge on any atom is 0.279 e. The topological polar surface area (TPSA) is 111 Å². The molecular weight excluding hydrogens is 485 g/mol. The summed E-state index contributed by atoms with van der Waals surface area (Å²) < 4.78 is 17.8. The van der Waals surface area contributed by atoms with Crippen molar-refractivity contribution in [2.24, 2.45) is 7.05 Å². The number of amides is 2. The molecule has 2 aromatic carbocycles. The van der Waals surface area contributed by atoms with Gasteiger partial charge in [0.2, 0.25) is 0 Å². The molecule has 3 rings (SSSR count). The monoisotopic (exact) mass is 507 g/mol. The first-order chi connectivity index (χ1) is 16.3. The molecule has 3 N–H and O–H groups in total. The summed E-state index contributed by atoms with van der Waals surface area (Å²) in [6, 6.07) is 10.2. The molecule has 0 spiro atoms. The largest absolute Gasteiger partial charge is 0.497 e. The van der Waals surface area contributed by atoms with Gasteiger partial charge in [0.15, 0.2) is 5.75 Å². The molecular formula is C23H23Cl2N3O6. The first-order valence-electron chi connectivity index (χ1n) is 9.98. The molecule has 0 bridgehead atoms. The van der Waals surface area contributed by atoms with Gasteiger partial charge in [0.05, 0.1) is 24.3 Å². The molecule has 3 aromatic rings. The van der Waals surface area contributed by atoms with Crippen LogP contribution in [0.4, 0.5) is 0 Å².